The standard InChI is InChI=1S/C31H44O5Si/c1-24-22-25(30(32)35-24)23-26(16-10-7-15-21-29(33-5)34-6)36-37(31(2,3)4,27-17-11-8-12-18-27)28-19-13-9-14-20-28/h8-9,11-14,17-20,22,24,26,29H,7,10,15-16,21,23H2,1-6H3/t24-,26+/m0/s1. The maximum Gasteiger partial charge on any atom is 0.334 e. The highest BCUT2D eigenvalue weighted by Crippen LogP contribution is 2.39. The molecule has 202 valence electrons. The summed E-state index contributed by atoms with van der Waals surface area (Å²) in [5, 5.41) is 2.37. The first-order valence-corrected chi connectivity index (χ1v) is 15.4. The average Bonchev–Trinajstić information content (AvgIpc) is 3.20. The Bertz CT molecular complexity index is 956. The van der Waals surface area contributed by atoms with Crippen molar-refractivity contribution >= 4 is 24.7 Å². The third-order valence-electron chi connectivity index (χ3n) is 7.19. The van der Waals surface area contributed by atoms with Crippen molar-refractivity contribution in [1.29, 1.82) is 0 Å². The number of methoxy groups -OCH3 is 2. The number of benzene rings is 2. The first-order valence-electron chi connectivity index (χ1n) is 13.5. The normalized spacial score (nSPS) is 17.1. The van der Waals surface area contributed by atoms with Crippen LogP contribution in [-0.2, 0) is 23.4 Å². The maximum absolute atomic E-state index is 12.6. The second-order valence-corrected chi connectivity index (χ2v) is 15.2. The zero-order valence-electron chi connectivity index (χ0n) is 23.4. The first-order chi connectivity index (χ1) is 17.7. The molecular formula is C31H44O5Si. The van der Waals surface area contributed by atoms with Crippen LogP contribution in [0.5, 0.6) is 0 Å². The van der Waals surface area contributed by atoms with Gasteiger partial charge < -0.3 is 18.6 Å². The molecule has 0 aliphatic carbocycles. The number of hydrogen-bond acceptors (Lipinski definition) is 5. The molecule has 2 aromatic rings. The van der Waals surface area contributed by atoms with E-state index in [1.165, 1.54) is 10.4 Å². The van der Waals surface area contributed by atoms with Gasteiger partial charge >= 0.3 is 5.97 Å². The molecule has 0 amide bonds. The summed E-state index contributed by atoms with van der Waals surface area (Å²) in [6, 6.07) is 21.4. The van der Waals surface area contributed by atoms with Crippen molar-refractivity contribution in [3.05, 3.63) is 72.3 Å². The van der Waals surface area contributed by atoms with E-state index in [4.69, 9.17) is 18.6 Å². The fourth-order valence-electron chi connectivity index (χ4n) is 5.36. The van der Waals surface area contributed by atoms with Gasteiger partial charge in [-0.2, -0.15) is 0 Å². The van der Waals surface area contributed by atoms with Gasteiger partial charge in [-0.15, -0.1) is 0 Å². The van der Waals surface area contributed by atoms with Crippen molar-refractivity contribution < 1.29 is 23.4 Å². The Morgan fingerprint density at radius 2 is 1.41 bits per heavy atom. The van der Waals surface area contributed by atoms with Crippen LogP contribution in [0.15, 0.2) is 72.3 Å². The van der Waals surface area contributed by atoms with E-state index < -0.39 is 8.32 Å². The Balaban J connectivity index is 1.92. The van der Waals surface area contributed by atoms with Crippen molar-refractivity contribution in [2.75, 3.05) is 14.2 Å². The fourth-order valence-corrected chi connectivity index (χ4v) is 10.1. The summed E-state index contributed by atoms with van der Waals surface area (Å²) in [4.78, 5) is 12.6. The molecule has 2 aromatic carbocycles. The molecule has 0 saturated carbocycles. The van der Waals surface area contributed by atoms with Gasteiger partial charge in [-0.1, -0.05) is 94.3 Å². The number of carbonyl (C=O) groups excluding carboxylic acids is 1. The molecule has 0 aromatic heterocycles. The summed E-state index contributed by atoms with van der Waals surface area (Å²) in [5.74, 6) is -0.216. The van der Waals surface area contributed by atoms with Gasteiger partial charge in [-0.05, 0) is 47.7 Å². The number of cyclic esters (lactones) is 1. The quantitative estimate of drug-likeness (QED) is 0.136. The predicted molar refractivity (Wildman–Crippen MR) is 152 cm³/mol. The molecule has 2 atom stereocenters. The molecule has 0 bridgehead atoms. The minimum absolute atomic E-state index is 0.101. The highest BCUT2D eigenvalue weighted by molar-refractivity contribution is 6.99. The van der Waals surface area contributed by atoms with Crippen LogP contribution in [0, 0.1) is 0 Å². The fraction of sp³-hybridized carbons (Fsp3) is 0.516. The van der Waals surface area contributed by atoms with Gasteiger partial charge in [-0.3, -0.25) is 0 Å². The zero-order chi connectivity index (χ0) is 26.9. The summed E-state index contributed by atoms with van der Waals surface area (Å²) in [6.45, 7) is 8.77. The molecule has 1 aliphatic heterocycles. The van der Waals surface area contributed by atoms with E-state index >= 15 is 0 Å². The number of hydrogen-bond donors (Lipinski definition) is 0. The lowest BCUT2D eigenvalue weighted by Gasteiger charge is -2.45. The topological polar surface area (TPSA) is 54.0 Å². The van der Waals surface area contributed by atoms with Crippen LogP contribution in [-0.4, -0.2) is 47.0 Å². The Labute approximate surface area is 224 Å². The van der Waals surface area contributed by atoms with Gasteiger partial charge in [0.2, 0.25) is 0 Å². The predicted octanol–water partition coefficient (Wildman–Crippen LogP) is 5.76. The summed E-state index contributed by atoms with van der Waals surface area (Å²) in [6.07, 6.45) is 6.86. The Hall–Kier alpha value is -2.25. The Kier molecular flexibility index (Phi) is 10.7. The molecule has 0 radical (unpaired) electrons. The van der Waals surface area contributed by atoms with Gasteiger partial charge in [0, 0.05) is 26.2 Å². The highest BCUT2D eigenvalue weighted by atomic mass is 28.4. The van der Waals surface area contributed by atoms with Crippen LogP contribution < -0.4 is 10.4 Å². The third-order valence-corrected chi connectivity index (χ3v) is 12.3. The molecule has 0 N–H and O–H groups in total. The summed E-state index contributed by atoms with van der Waals surface area (Å²) in [5.41, 5.74) is 0.731. The van der Waals surface area contributed by atoms with Crippen molar-refractivity contribution in [1.82, 2.24) is 0 Å². The van der Waals surface area contributed by atoms with Crippen molar-refractivity contribution in [3.8, 4) is 0 Å². The SMILES string of the molecule is COC(CCCCC[C@H](CC1=C[C@H](C)OC1=O)O[Si](c1ccccc1)(c1ccccc1)C(C)(C)C)OC. The van der Waals surface area contributed by atoms with Gasteiger partial charge in [0.15, 0.2) is 6.29 Å². The molecule has 5 nitrogen and oxygen atoms in total. The van der Waals surface area contributed by atoms with Gasteiger partial charge in [0.05, 0.1) is 6.10 Å². The highest BCUT2D eigenvalue weighted by Gasteiger charge is 2.51. The molecular weight excluding hydrogens is 480 g/mol. The first kappa shape index (κ1) is 29.3. The minimum Gasteiger partial charge on any atom is -0.455 e. The van der Waals surface area contributed by atoms with Crippen LogP contribution >= 0.6 is 0 Å². The zero-order valence-corrected chi connectivity index (χ0v) is 24.4. The van der Waals surface area contributed by atoms with Crippen LogP contribution in [0.3, 0.4) is 0 Å². The maximum atomic E-state index is 12.6. The average molecular weight is 525 g/mol. The lowest BCUT2D eigenvalue weighted by molar-refractivity contribution is -0.139. The van der Waals surface area contributed by atoms with Crippen molar-refractivity contribution in [3.63, 3.8) is 0 Å². The minimum atomic E-state index is -2.74. The van der Waals surface area contributed by atoms with Crippen molar-refractivity contribution in [2.24, 2.45) is 0 Å². The molecule has 1 heterocycles. The summed E-state index contributed by atoms with van der Waals surface area (Å²) >= 11 is 0. The van der Waals surface area contributed by atoms with Crippen LogP contribution in [0.4, 0.5) is 0 Å². The molecule has 6 heteroatoms. The van der Waals surface area contributed by atoms with E-state index in [-0.39, 0.29) is 29.5 Å². The van der Waals surface area contributed by atoms with E-state index in [0.717, 1.165) is 37.7 Å². The number of ether oxygens (including phenoxy) is 3. The lowest BCUT2D eigenvalue weighted by Crippen LogP contribution is -2.67. The molecule has 0 spiro atoms. The molecule has 3 rings (SSSR count). The van der Waals surface area contributed by atoms with Crippen LogP contribution in [0.2, 0.25) is 5.04 Å². The van der Waals surface area contributed by atoms with Crippen molar-refractivity contribution in [2.45, 2.75) is 89.8 Å². The lowest BCUT2D eigenvalue weighted by atomic mass is 10.0. The molecule has 0 unspecified atom stereocenters. The van der Waals surface area contributed by atoms with E-state index in [2.05, 4.69) is 81.4 Å². The molecule has 37 heavy (non-hydrogen) atoms. The number of unbranched alkanes of at least 4 members (excludes halogenated alkanes) is 2. The Morgan fingerprint density at radius 1 is 0.865 bits per heavy atom. The molecule has 0 saturated heterocycles. The van der Waals surface area contributed by atoms with Gasteiger partial charge in [-0.25, -0.2) is 4.79 Å². The summed E-state index contributed by atoms with van der Waals surface area (Å²) in [7, 11) is 0.615. The Morgan fingerprint density at radius 3 is 1.86 bits per heavy atom. The van der Waals surface area contributed by atoms with E-state index in [0.29, 0.717) is 6.42 Å². The van der Waals surface area contributed by atoms with Crippen LogP contribution in [0.1, 0.15) is 66.2 Å². The van der Waals surface area contributed by atoms with Crippen LogP contribution in [0.25, 0.3) is 0 Å². The molecule has 1 aliphatic rings. The van der Waals surface area contributed by atoms with Gasteiger partial charge in [0.25, 0.3) is 8.32 Å². The van der Waals surface area contributed by atoms with E-state index in [1.807, 2.05) is 13.0 Å². The number of rotatable bonds is 14. The second kappa shape index (κ2) is 13.5. The van der Waals surface area contributed by atoms with Gasteiger partial charge in [0.1, 0.15) is 6.10 Å². The van der Waals surface area contributed by atoms with E-state index in [9.17, 15) is 4.79 Å². The molecule has 0 fully saturated rings. The summed E-state index contributed by atoms with van der Waals surface area (Å²) < 4.78 is 23.5. The third kappa shape index (κ3) is 7.41. The number of esters is 1. The number of carbonyl (C=O) groups is 1. The van der Waals surface area contributed by atoms with E-state index in [1.54, 1.807) is 14.2 Å². The monoisotopic (exact) mass is 524 g/mol. The second-order valence-electron chi connectivity index (χ2n) is 10.9. The smallest absolute Gasteiger partial charge is 0.334 e. The largest absolute Gasteiger partial charge is 0.455 e.